The van der Waals surface area contributed by atoms with Gasteiger partial charge in [-0.05, 0) is 30.7 Å². The van der Waals surface area contributed by atoms with E-state index in [1.165, 1.54) is 6.07 Å². The Morgan fingerprint density at radius 3 is 2.31 bits per heavy atom. The van der Waals surface area contributed by atoms with E-state index in [1.807, 2.05) is 0 Å². The molecule has 0 aliphatic heterocycles. The first-order valence-corrected chi connectivity index (χ1v) is 8.87. The minimum Gasteiger partial charge on any atom is -0.326 e. The van der Waals surface area contributed by atoms with E-state index in [0.717, 1.165) is 24.3 Å². The van der Waals surface area contributed by atoms with Crippen molar-refractivity contribution in [2.75, 3.05) is 11.9 Å². The quantitative estimate of drug-likeness (QED) is 0.564. The molecule has 140 valence electrons. The molecule has 0 spiro atoms. The first-order valence-electron chi connectivity index (χ1n) is 7.38. The first-order chi connectivity index (χ1) is 12.2. The van der Waals surface area contributed by atoms with Crippen LogP contribution in [0.15, 0.2) is 41.3 Å². The molecule has 0 saturated carbocycles. The smallest absolute Gasteiger partial charge is 0.243 e. The molecule has 0 unspecified atom stereocenters. The number of benzene rings is 2. The summed E-state index contributed by atoms with van der Waals surface area (Å²) in [5, 5.41) is 2.33. The Morgan fingerprint density at radius 2 is 1.65 bits per heavy atom. The normalized spacial score (nSPS) is 11.4. The van der Waals surface area contributed by atoms with E-state index in [9.17, 15) is 30.8 Å². The van der Waals surface area contributed by atoms with Gasteiger partial charge in [0.15, 0.2) is 11.6 Å². The number of hydrogen-bond donors (Lipinski definition) is 2. The number of hydrogen-bond acceptors (Lipinski definition) is 3. The Balaban J connectivity index is 1.83. The van der Waals surface area contributed by atoms with E-state index < -0.39 is 44.1 Å². The summed E-state index contributed by atoms with van der Waals surface area (Å²) in [7, 11) is -4.19. The highest BCUT2D eigenvalue weighted by Crippen LogP contribution is 2.16. The highest BCUT2D eigenvalue weighted by atomic mass is 32.2. The molecule has 0 aliphatic carbocycles. The maximum absolute atomic E-state index is 13.5. The number of rotatable bonds is 7. The van der Waals surface area contributed by atoms with E-state index >= 15 is 0 Å². The van der Waals surface area contributed by atoms with Crippen LogP contribution >= 0.6 is 0 Å². The summed E-state index contributed by atoms with van der Waals surface area (Å²) >= 11 is 0. The molecule has 0 aliphatic rings. The lowest BCUT2D eigenvalue weighted by molar-refractivity contribution is -0.116. The molecular formula is C16H14F4N2O3S. The van der Waals surface area contributed by atoms with Gasteiger partial charge < -0.3 is 5.32 Å². The number of carbonyl (C=O) groups is 1. The van der Waals surface area contributed by atoms with E-state index in [1.54, 1.807) is 0 Å². The molecule has 0 bridgehead atoms. The molecule has 2 N–H and O–H groups in total. The third-order valence-corrected chi connectivity index (χ3v) is 4.75. The Bertz CT molecular complexity index is 920. The zero-order valence-corrected chi connectivity index (χ0v) is 14.0. The molecule has 0 atom stereocenters. The number of sulfonamides is 1. The van der Waals surface area contributed by atoms with Gasteiger partial charge in [0, 0.05) is 30.8 Å². The lowest BCUT2D eigenvalue weighted by atomic mass is 10.2. The van der Waals surface area contributed by atoms with Crippen LogP contribution < -0.4 is 10.0 Å². The molecule has 2 aromatic rings. The van der Waals surface area contributed by atoms with Crippen molar-refractivity contribution in [2.45, 2.75) is 17.7 Å². The third kappa shape index (κ3) is 5.27. The van der Waals surface area contributed by atoms with Crippen LogP contribution in [-0.4, -0.2) is 20.9 Å². The van der Waals surface area contributed by atoms with Crippen molar-refractivity contribution in [3.05, 3.63) is 59.7 Å². The van der Waals surface area contributed by atoms with Gasteiger partial charge in [-0.2, -0.15) is 0 Å². The van der Waals surface area contributed by atoms with Crippen molar-refractivity contribution >= 4 is 21.6 Å². The molecule has 0 fully saturated rings. The summed E-state index contributed by atoms with van der Waals surface area (Å²) in [6.45, 7) is -0.176. The summed E-state index contributed by atoms with van der Waals surface area (Å²) < 4.78 is 78.1. The van der Waals surface area contributed by atoms with Gasteiger partial charge >= 0.3 is 0 Å². The lowest BCUT2D eigenvalue weighted by Gasteiger charge is -2.08. The van der Waals surface area contributed by atoms with E-state index in [-0.39, 0.29) is 25.1 Å². The van der Waals surface area contributed by atoms with Crippen LogP contribution in [0.2, 0.25) is 0 Å². The van der Waals surface area contributed by atoms with Crippen molar-refractivity contribution in [3.8, 4) is 0 Å². The highest BCUT2D eigenvalue weighted by Gasteiger charge is 2.19. The maximum Gasteiger partial charge on any atom is 0.243 e. The molecule has 0 saturated heterocycles. The molecular weight excluding hydrogens is 376 g/mol. The van der Waals surface area contributed by atoms with Crippen LogP contribution in [0.5, 0.6) is 0 Å². The summed E-state index contributed by atoms with van der Waals surface area (Å²) in [6.07, 6.45) is -0.0506. The van der Waals surface area contributed by atoms with Gasteiger partial charge in [-0.3, -0.25) is 4.79 Å². The Kier molecular flexibility index (Phi) is 6.32. The van der Waals surface area contributed by atoms with Gasteiger partial charge in [0.25, 0.3) is 0 Å². The van der Waals surface area contributed by atoms with Crippen LogP contribution in [-0.2, 0) is 14.8 Å². The van der Waals surface area contributed by atoms with Crippen molar-refractivity contribution in [1.29, 1.82) is 0 Å². The predicted molar refractivity (Wildman–Crippen MR) is 85.8 cm³/mol. The fraction of sp³-hybridized carbons (Fsp3) is 0.188. The number of anilines is 1. The summed E-state index contributed by atoms with van der Waals surface area (Å²) in [5.74, 6) is -4.84. The second-order valence-electron chi connectivity index (χ2n) is 5.25. The Labute approximate surface area is 147 Å². The van der Waals surface area contributed by atoms with E-state index in [4.69, 9.17) is 0 Å². The van der Waals surface area contributed by atoms with Crippen molar-refractivity contribution in [2.24, 2.45) is 0 Å². The number of nitrogens with one attached hydrogen (secondary N) is 2. The molecule has 2 rings (SSSR count). The van der Waals surface area contributed by atoms with Crippen molar-refractivity contribution < 1.29 is 30.8 Å². The summed E-state index contributed by atoms with van der Waals surface area (Å²) in [4.78, 5) is 11.0. The minimum absolute atomic E-state index is 0.0582. The lowest BCUT2D eigenvalue weighted by Crippen LogP contribution is -2.26. The standard InChI is InChI=1S/C16H14F4N2O3S/c17-10-3-6-15(14(20)8-10)26(24,25)21-7-1-2-16(23)22-11-4-5-12(18)13(19)9-11/h3-6,8-9,21H,1-2,7H2,(H,22,23). The van der Waals surface area contributed by atoms with Gasteiger partial charge in [-0.25, -0.2) is 30.7 Å². The molecule has 1 amide bonds. The van der Waals surface area contributed by atoms with E-state index in [0.29, 0.717) is 6.07 Å². The van der Waals surface area contributed by atoms with Crippen LogP contribution in [0.25, 0.3) is 0 Å². The number of amides is 1. The van der Waals surface area contributed by atoms with Gasteiger partial charge in [-0.1, -0.05) is 0 Å². The maximum atomic E-state index is 13.5. The monoisotopic (exact) mass is 390 g/mol. The van der Waals surface area contributed by atoms with Crippen LogP contribution in [0.3, 0.4) is 0 Å². The van der Waals surface area contributed by atoms with Crippen molar-refractivity contribution in [1.82, 2.24) is 4.72 Å². The van der Waals surface area contributed by atoms with Gasteiger partial charge in [0.05, 0.1) is 0 Å². The zero-order valence-electron chi connectivity index (χ0n) is 13.2. The Morgan fingerprint density at radius 1 is 0.923 bits per heavy atom. The topological polar surface area (TPSA) is 75.3 Å². The average Bonchev–Trinajstić information content (AvgIpc) is 2.55. The second kappa shape index (κ2) is 8.28. The molecule has 5 nitrogen and oxygen atoms in total. The molecule has 0 heterocycles. The number of halogens is 4. The summed E-state index contributed by atoms with van der Waals surface area (Å²) in [6, 6.07) is 4.90. The first kappa shape index (κ1) is 19.9. The van der Waals surface area contributed by atoms with Crippen molar-refractivity contribution in [3.63, 3.8) is 0 Å². The largest absolute Gasteiger partial charge is 0.326 e. The van der Waals surface area contributed by atoms with Crippen LogP contribution in [0.4, 0.5) is 23.2 Å². The summed E-state index contributed by atoms with van der Waals surface area (Å²) in [5.41, 5.74) is 0.0582. The average molecular weight is 390 g/mol. The predicted octanol–water partition coefficient (Wildman–Crippen LogP) is 2.94. The molecule has 0 radical (unpaired) electrons. The van der Waals surface area contributed by atoms with Gasteiger partial charge in [0.1, 0.15) is 16.5 Å². The van der Waals surface area contributed by atoms with Gasteiger partial charge in [-0.15, -0.1) is 0 Å². The molecule has 0 aromatic heterocycles. The highest BCUT2D eigenvalue weighted by molar-refractivity contribution is 7.89. The third-order valence-electron chi connectivity index (χ3n) is 3.26. The van der Waals surface area contributed by atoms with E-state index in [2.05, 4.69) is 10.0 Å². The Hall–Kier alpha value is -2.46. The molecule has 2 aromatic carbocycles. The number of carbonyl (C=O) groups excluding carboxylic acids is 1. The fourth-order valence-corrected chi connectivity index (χ4v) is 3.16. The molecule has 26 heavy (non-hydrogen) atoms. The van der Waals surface area contributed by atoms with Gasteiger partial charge in [0.2, 0.25) is 15.9 Å². The van der Waals surface area contributed by atoms with Crippen LogP contribution in [0, 0.1) is 23.3 Å². The fourth-order valence-electron chi connectivity index (χ4n) is 2.02. The molecule has 10 heteroatoms. The van der Waals surface area contributed by atoms with Crippen LogP contribution in [0.1, 0.15) is 12.8 Å². The second-order valence-corrected chi connectivity index (χ2v) is 6.99. The zero-order chi connectivity index (χ0) is 19.3. The minimum atomic E-state index is -4.19. The SMILES string of the molecule is O=C(CCCNS(=O)(=O)c1ccc(F)cc1F)Nc1ccc(F)c(F)c1.